The Morgan fingerprint density at radius 3 is 2.90 bits per heavy atom. The van der Waals surface area contributed by atoms with Crippen molar-refractivity contribution < 1.29 is 9.53 Å². The molecule has 5 heteroatoms. The molecule has 20 heavy (non-hydrogen) atoms. The van der Waals surface area contributed by atoms with Crippen LogP contribution in [-0.2, 0) is 6.42 Å². The van der Waals surface area contributed by atoms with Crippen LogP contribution < -0.4 is 15.6 Å². The molecule has 0 saturated heterocycles. The van der Waals surface area contributed by atoms with Gasteiger partial charge in [0.2, 0.25) is 5.56 Å². The van der Waals surface area contributed by atoms with Crippen LogP contribution in [0, 0.1) is 0 Å². The Balaban J connectivity index is 1.69. The average Bonchev–Trinajstić information content (AvgIpc) is 2.48. The van der Waals surface area contributed by atoms with Crippen LogP contribution in [0.1, 0.15) is 15.9 Å². The second kappa shape index (κ2) is 5.21. The number of hydrogen-bond acceptors (Lipinski definition) is 3. The Hall–Kier alpha value is -2.56. The van der Waals surface area contributed by atoms with Gasteiger partial charge < -0.3 is 15.0 Å². The molecule has 2 heterocycles. The van der Waals surface area contributed by atoms with E-state index in [2.05, 4.69) is 10.3 Å². The smallest absolute Gasteiger partial charge is 0.253 e. The van der Waals surface area contributed by atoms with Crippen molar-refractivity contribution in [3.05, 3.63) is 64.1 Å². The van der Waals surface area contributed by atoms with Gasteiger partial charge in [0.05, 0.1) is 11.6 Å². The fraction of sp³-hybridized carbons (Fsp3) is 0.200. The molecule has 0 saturated carbocycles. The minimum absolute atomic E-state index is 0.0654. The Kier molecular flexibility index (Phi) is 3.25. The number of ether oxygens (including phenoxy) is 1. The molecule has 1 amide bonds. The van der Waals surface area contributed by atoms with Crippen LogP contribution in [0.3, 0.4) is 0 Å². The second-order valence-electron chi connectivity index (χ2n) is 4.73. The maximum Gasteiger partial charge on any atom is 0.253 e. The first kappa shape index (κ1) is 12.5. The number of amides is 1. The van der Waals surface area contributed by atoms with Gasteiger partial charge in [0, 0.05) is 12.3 Å². The van der Waals surface area contributed by atoms with Crippen molar-refractivity contribution >= 4 is 5.91 Å². The number of para-hydroxylation sites is 1. The summed E-state index contributed by atoms with van der Waals surface area (Å²) < 4.78 is 5.62. The van der Waals surface area contributed by atoms with Crippen LogP contribution in [0.25, 0.3) is 0 Å². The van der Waals surface area contributed by atoms with Gasteiger partial charge in [-0.05, 0) is 24.1 Å². The summed E-state index contributed by atoms with van der Waals surface area (Å²) in [5.74, 6) is 0.663. The number of H-pyrrole nitrogens is 1. The predicted molar refractivity (Wildman–Crippen MR) is 74.0 cm³/mol. The molecule has 3 rings (SSSR count). The van der Waals surface area contributed by atoms with Gasteiger partial charge in [-0.25, -0.2) is 0 Å². The van der Waals surface area contributed by atoms with E-state index >= 15 is 0 Å². The summed E-state index contributed by atoms with van der Waals surface area (Å²) in [6.07, 6.45) is 2.15. The van der Waals surface area contributed by atoms with Crippen LogP contribution in [-0.4, -0.2) is 23.5 Å². The first-order valence-corrected chi connectivity index (χ1v) is 6.43. The van der Waals surface area contributed by atoms with Gasteiger partial charge in [0.25, 0.3) is 5.91 Å². The van der Waals surface area contributed by atoms with Crippen molar-refractivity contribution in [1.29, 1.82) is 0 Å². The Labute approximate surface area is 115 Å². The third kappa shape index (κ3) is 2.56. The van der Waals surface area contributed by atoms with E-state index in [1.807, 2.05) is 24.3 Å². The first-order chi connectivity index (χ1) is 9.72. The van der Waals surface area contributed by atoms with E-state index in [1.54, 1.807) is 0 Å². The number of hydrogen-bond donors (Lipinski definition) is 2. The van der Waals surface area contributed by atoms with Crippen molar-refractivity contribution in [3.63, 3.8) is 0 Å². The molecule has 1 unspecified atom stereocenters. The van der Waals surface area contributed by atoms with Crippen LogP contribution in [0.2, 0.25) is 0 Å². The number of carbonyl (C=O) groups is 1. The third-order valence-electron chi connectivity index (χ3n) is 3.26. The molecule has 102 valence electrons. The molecule has 1 aliphatic heterocycles. The van der Waals surface area contributed by atoms with E-state index in [4.69, 9.17) is 4.74 Å². The number of aromatic nitrogens is 1. The van der Waals surface area contributed by atoms with Crippen molar-refractivity contribution in [1.82, 2.24) is 10.3 Å². The zero-order chi connectivity index (χ0) is 13.9. The molecule has 0 spiro atoms. The van der Waals surface area contributed by atoms with Crippen molar-refractivity contribution in [2.75, 3.05) is 6.61 Å². The fourth-order valence-corrected chi connectivity index (χ4v) is 2.24. The van der Waals surface area contributed by atoms with Crippen molar-refractivity contribution in [2.24, 2.45) is 0 Å². The van der Waals surface area contributed by atoms with Gasteiger partial charge in [-0.1, -0.05) is 18.2 Å². The van der Waals surface area contributed by atoms with Gasteiger partial charge in [0.15, 0.2) is 0 Å². The molecule has 2 aromatic rings. The van der Waals surface area contributed by atoms with E-state index in [0.29, 0.717) is 12.2 Å². The molecule has 1 aromatic carbocycles. The maximum absolute atomic E-state index is 12.0. The van der Waals surface area contributed by atoms with Crippen LogP contribution in [0.15, 0.2) is 47.4 Å². The van der Waals surface area contributed by atoms with Crippen LogP contribution in [0.4, 0.5) is 0 Å². The lowest BCUT2D eigenvalue weighted by molar-refractivity contribution is 0.0915. The molecule has 0 fully saturated rings. The maximum atomic E-state index is 12.0. The Morgan fingerprint density at radius 2 is 2.10 bits per heavy atom. The summed E-state index contributed by atoms with van der Waals surface area (Å²) in [4.78, 5) is 25.5. The monoisotopic (exact) mass is 270 g/mol. The number of carbonyl (C=O) groups excluding carboxylic acids is 1. The van der Waals surface area contributed by atoms with E-state index in [1.165, 1.54) is 18.3 Å². The minimum atomic E-state index is -0.225. The molecule has 1 aliphatic rings. The molecular formula is C15H14N2O3. The highest BCUT2D eigenvalue weighted by molar-refractivity contribution is 5.94. The number of rotatable bonds is 2. The van der Waals surface area contributed by atoms with Crippen molar-refractivity contribution in [2.45, 2.75) is 12.5 Å². The topological polar surface area (TPSA) is 71.2 Å². The summed E-state index contributed by atoms with van der Waals surface area (Å²) in [5, 5.41) is 2.91. The quantitative estimate of drug-likeness (QED) is 0.858. The molecule has 0 bridgehead atoms. The van der Waals surface area contributed by atoms with E-state index in [0.717, 1.165) is 17.7 Å². The highest BCUT2D eigenvalue weighted by Crippen LogP contribution is 2.23. The molecular weight excluding hydrogens is 256 g/mol. The second-order valence-corrected chi connectivity index (χ2v) is 4.73. The van der Waals surface area contributed by atoms with E-state index in [9.17, 15) is 9.59 Å². The standard InChI is InChI=1S/C15H14N2O3/c18-14-6-5-11(8-16-14)15(19)17-12-7-10-3-1-2-4-13(10)20-9-12/h1-6,8,12H,7,9H2,(H,16,18)(H,17,19). The lowest BCUT2D eigenvalue weighted by Crippen LogP contribution is -2.42. The SMILES string of the molecule is O=C(NC1COc2ccccc2C1)c1ccc(=O)[nH]c1. The summed E-state index contributed by atoms with van der Waals surface area (Å²) >= 11 is 0. The van der Waals surface area contributed by atoms with Crippen LogP contribution >= 0.6 is 0 Å². The molecule has 1 atom stereocenters. The minimum Gasteiger partial charge on any atom is -0.491 e. The molecule has 5 nitrogen and oxygen atoms in total. The lowest BCUT2D eigenvalue weighted by atomic mass is 10.0. The largest absolute Gasteiger partial charge is 0.491 e. The zero-order valence-electron chi connectivity index (χ0n) is 10.8. The molecule has 0 radical (unpaired) electrons. The Bertz CT molecular complexity index is 673. The van der Waals surface area contributed by atoms with Gasteiger partial charge in [-0.2, -0.15) is 0 Å². The Morgan fingerprint density at radius 1 is 1.25 bits per heavy atom. The summed E-state index contributed by atoms with van der Waals surface area (Å²) in [6.45, 7) is 0.451. The summed E-state index contributed by atoms with van der Waals surface area (Å²) in [7, 11) is 0. The molecule has 0 aliphatic carbocycles. The van der Waals surface area contributed by atoms with Gasteiger partial charge >= 0.3 is 0 Å². The van der Waals surface area contributed by atoms with Crippen molar-refractivity contribution in [3.8, 4) is 5.75 Å². The molecule has 2 N–H and O–H groups in total. The number of fused-ring (bicyclic) bond motifs is 1. The third-order valence-corrected chi connectivity index (χ3v) is 3.26. The average molecular weight is 270 g/mol. The zero-order valence-corrected chi connectivity index (χ0v) is 10.8. The van der Waals surface area contributed by atoms with Gasteiger partial charge in [0.1, 0.15) is 12.4 Å². The number of nitrogens with one attached hydrogen (secondary N) is 2. The number of aromatic amines is 1. The predicted octanol–water partition coefficient (Wildman–Crippen LogP) is 1.11. The van der Waals surface area contributed by atoms with E-state index in [-0.39, 0.29) is 17.5 Å². The summed E-state index contributed by atoms with van der Waals surface area (Å²) in [6, 6.07) is 10.6. The van der Waals surface area contributed by atoms with Crippen LogP contribution in [0.5, 0.6) is 5.75 Å². The highest BCUT2D eigenvalue weighted by atomic mass is 16.5. The fourth-order valence-electron chi connectivity index (χ4n) is 2.24. The normalized spacial score (nSPS) is 16.9. The van der Waals surface area contributed by atoms with E-state index < -0.39 is 0 Å². The van der Waals surface area contributed by atoms with Gasteiger partial charge in [-0.3, -0.25) is 9.59 Å². The van der Waals surface area contributed by atoms with Gasteiger partial charge in [-0.15, -0.1) is 0 Å². The highest BCUT2D eigenvalue weighted by Gasteiger charge is 2.21. The number of benzene rings is 1. The lowest BCUT2D eigenvalue weighted by Gasteiger charge is -2.26. The number of pyridine rings is 1. The summed E-state index contributed by atoms with van der Waals surface area (Å²) in [5.41, 5.74) is 1.30. The first-order valence-electron chi connectivity index (χ1n) is 6.43. The molecule has 1 aromatic heterocycles.